The number of rotatable bonds is 2. The number of hydrogen-bond donors (Lipinski definition) is 1. The van der Waals surface area contributed by atoms with E-state index in [2.05, 4.69) is 25.0 Å². The Kier molecular flexibility index (Phi) is 2.93. The first-order chi connectivity index (χ1) is 10.2. The van der Waals surface area contributed by atoms with Gasteiger partial charge in [-0.3, -0.25) is 4.79 Å². The third kappa shape index (κ3) is 2.12. The van der Waals surface area contributed by atoms with Gasteiger partial charge in [-0.15, -0.1) is 0 Å². The summed E-state index contributed by atoms with van der Waals surface area (Å²) >= 11 is 0. The Balaban J connectivity index is 2.40. The topological polar surface area (TPSA) is 130 Å². The summed E-state index contributed by atoms with van der Waals surface area (Å²) in [4.78, 5) is 20.9. The Labute approximate surface area is 116 Å². The number of H-pyrrole nitrogens is 1. The molecule has 1 aromatic heterocycles. The van der Waals surface area contributed by atoms with Gasteiger partial charge >= 0.3 is 0 Å². The van der Waals surface area contributed by atoms with E-state index in [9.17, 15) is 4.79 Å². The Hall–Kier alpha value is -3.47. The van der Waals surface area contributed by atoms with Gasteiger partial charge in [0, 0.05) is 32.0 Å². The fourth-order valence-electron chi connectivity index (χ4n) is 2.19. The van der Waals surface area contributed by atoms with Gasteiger partial charge in [0.2, 0.25) is 0 Å². The van der Waals surface area contributed by atoms with Gasteiger partial charge in [-0.2, -0.15) is 0 Å². The summed E-state index contributed by atoms with van der Waals surface area (Å²) in [6, 6.07) is 9.57. The van der Waals surface area contributed by atoms with Crippen molar-refractivity contribution < 1.29 is 0 Å². The smallest absolute Gasteiger partial charge is 0.197 e. The minimum absolute atomic E-state index is 0.140. The molecule has 0 fully saturated rings. The molecule has 0 aliphatic rings. The number of azide groups is 2. The molecule has 2 aromatic carbocycles. The molecule has 0 aliphatic carbocycles. The summed E-state index contributed by atoms with van der Waals surface area (Å²) in [5.41, 5.74) is 18.7. The molecular weight excluding hydrogens is 270 g/mol. The van der Waals surface area contributed by atoms with Crippen molar-refractivity contribution in [2.24, 2.45) is 10.2 Å². The van der Waals surface area contributed by atoms with Crippen molar-refractivity contribution in [1.82, 2.24) is 4.98 Å². The summed E-state index contributed by atoms with van der Waals surface area (Å²) in [6.07, 6.45) is 0. The van der Waals surface area contributed by atoms with Crippen LogP contribution in [-0.2, 0) is 0 Å². The SMILES string of the molecule is [N-]=[N+]=Nc1ccc2c(=O)c3ccc(N=[N+]=[N-])cc3[nH]c2c1. The van der Waals surface area contributed by atoms with Crippen molar-refractivity contribution in [3.63, 3.8) is 0 Å². The van der Waals surface area contributed by atoms with E-state index in [0.717, 1.165) is 0 Å². The van der Waals surface area contributed by atoms with Crippen LogP contribution in [0.25, 0.3) is 42.7 Å². The highest BCUT2D eigenvalue weighted by molar-refractivity contribution is 5.94. The van der Waals surface area contributed by atoms with Crippen LogP contribution in [0.3, 0.4) is 0 Å². The highest BCUT2D eigenvalue weighted by atomic mass is 16.1. The zero-order chi connectivity index (χ0) is 14.8. The molecule has 21 heavy (non-hydrogen) atoms. The number of benzene rings is 2. The first kappa shape index (κ1) is 12.6. The highest BCUT2D eigenvalue weighted by Crippen LogP contribution is 2.23. The van der Waals surface area contributed by atoms with Crippen LogP contribution in [0.15, 0.2) is 51.4 Å². The number of aromatic amines is 1. The monoisotopic (exact) mass is 277 g/mol. The zero-order valence-electron chi connectivity index (χ0n) is 10.6. The highest BCUT2D eigenvalue weighted by Gasteiger charge is 2.06. The quantitative estimate of drug-likeness (QED) is 0.313. The van der Waals surface area contributed by atoms with E-state index < -0.39 is 0 Å². The van der Waals surface area contributed by atoms with Crippen molar-refractivity contribution in [3.8, 4) is 0 Å². The Morgan fingerprint density at radius 3 is 1.76 bits per heavy atom. The lowest BCUT2D eigenvalue weighted by molar-refractivity contribution is 1.42. The summed E-state index contributed by atoms with van der Waals surface area (Å²) in [6.45, 7) is 0. The van der Waals surface area contributed by atoms with Gasteiger partial charge in [0.25, 0.3) is 0 Å². The first-order valence-electron chi connectivity index (χ1n) is 5.93. The molecule has 0 unspecified atom stereocenters. The maximum absolute atomic E-state index is 12.4. The third-order valence-electron chi connectivity index (χ3n) is 3.09. The third-order valence-corrected chi connectivity index (χ3v) is 3.09. The van der Waals surface area contributed by atoms with Crippen LogP contribution in [0.2, 0.25) is 0 Å². The second-order valence-corrected chi connectivity index (χ2v) is 4.29. The average Bonchev–Trinajstić information content (AvgIpc) is 2.48. The minimum Gasteiger partial charge on any atom is -0.354 e. The number of nitrogens with zero attached hydrogens (tertiary/aromatic N) is 6. The van der Waals surface area contributed by atoms with E-state index >= 15 is 0 Å². The second kappa shape index (κ2) is 4.90. The second-order valence-electron chi connectivity index (χ2n) is 4.29. The molecule has 3 rings (SSSR count). The largest absolute Gasteiger partial charge is 0.354 e. The lowest BCUT2D eigenvalue weighted by atomic mass is 10.1. The van der Waals surface area contributed by atoms with Crippen molar-refractivity contribution in [1.29, 1.82) is 0 Å². The maximum Gasteiger partial charge on any atom is 0.197 e. The van der Waals surface area contributed by atoms with Crippen LogP contribution in [0.4, 0.5) is 11.4 Å². The number of hydrogen-bond acceptors (Lipinski definition) is 3. The molecule has 0 saturated carbocycles. The molecule has 8 nitrogen and oxygen atoms in total. The number of nitrogens with one attached hydrogen (secondary N) is 1. The van der Waals surface area contributed by atoms with Crippen molar-refractivity contribution >= 4 is 33.2 Å². The van der Waals surface area contributed by atoms with Gasteiger partial charge < -0.3 is 4.98 Å². The predicted molar refractivity (Wildman–Crippen MR) is 79.7 cm³/mol. The molecule has 1 heterocycles. The minimum atomic E-state index is -0.140. The van der Waals surface area contributed by atoms with E-state index in [1.165, 1.54) is 0 Å². The molecule has 1 N–H and O–H groups in total. The molecule has 0 aliphatic heterocycles. The van der Waals surface area contributed by atoms with Gasteiger partial charge in [0.15, 0.2) is 5.43 Å². The molecule has 100 valence electrons. The van der Waals surface area contributed by atoms with Crippen LogP contribution in [0, 0.1) is 0 Å². The van der Waals surface area contributed by atoms with Gasteiger partial charge in [-0.1, -0.05) is 22.4 Å². The van der Waals surface area contributed by atoms with Gasteiger partial charge in [0.1, 0.15) is 0 Å². The summed E-state index contributed by atoms with van der Waals surface area (Å²) in [5.74, 6) is 0. The Morgan fingerprint density at radius 1 is 0.857 bits per heavy atom. The van der Waals surface area contributed by atoms with Gasteiger partial charge in [-0.25, -0.2) is 0 Å². The van der Waals surface area contributed by atoms with Crippen LogP contribution >= 0.6 is 0 Å². The molecular formula is C13H7N7O. The van der Waals surface area contributed by atoms with Gasteiger partial charge in [-0.05, 0) is 35.3 Å². The van der Waals surface area contributed by atoms with Gasteiger partial charge in [0.05, 0.1) is 11.0 Å². The van der Waals surface area contributed by atoms with Crippen molar-refractivity contribution in [2.75, 3.05) is 0 Å². The Bertz CT molecular complexity index is 945. The first-order valence-corrected chi connectivity index (χ1v) is 5.93. The van der Waals surface area contributed by atoms with Crippen molar-refractivity contribution in [3.05, 3.63) is 67.5 Å². The van der Waals surface area contributed by atoms with E-state index in [4.69, 9.17) is 11.1 Å². The van der Waals surface area contributed by atoms with Crippen LogP contribution < -0.4 is 5.43 Å². The predicted octanol–water partition coefficient (Wildman–Crippen LogP) is 4.56. The van der Waals surface area contributed by atoms with E-state index in [0.29, 0.717) is 33.2 Å². The average molecular weight is 277 g/mol. The summed E-state index contributed by atoms with van der Waals surface area (Å²) < 4.78 is 0. The molecule has 0 atom stereocenters. The number of fused-ring (bicyclic) bond motifs is 2. The standard InChI is InChI=1S/C13H7N7O/c14-19-17-7-1-3-9-11(5-7)16-12-6-8(18-20-15)2-4-10(12)13(9)21/h1-6H,(H,16,21). The normalized spacial score (nSPS) is 10.1. The Morgan fingerprint density at radius 2 is 1.33 bits per heavy atom. The maximum atomic E-state index is 12.4. The lowest BCUT2D eigenvalue weighted by Gasteiger charge is -2.04. The summed E-state index contributed by atoms with van der Waals surface area (Å²) in [7, 11) is 0. The number of pyridine rings is 1. The molecule has 0 spiro atoms. The van der Waals surface area contributed by atoms with E-state index in [1.54, 1.807) is 36.4 Å². The van der Waals surface area contributed by atoms with E-state index in [1.807, 2.05) is 0 Å². The lowest BCUT2D eigenvalue weighted by Crippen LogP contribution is -2.03. The van der Waals surface area contributed by atoms with Crippen molar-refractivity contribution in [2.45, 2.75) is 0 Å². The zero-order valence-corrected chi connectivity index (χ0v) is 10.6. The molecule has 0 radical (unpaired) electrons. The van der Waals surface area contributed by atoms with E-state index in [-0.39, 0.29) is 5.43 Å². The van der Waals surface area contributed by atoms with Crippen LogP contribution in [0.5, 0.6) is 0 Å². The van der Waals surface area contributed by atoms with Crippen LogP contribution in [-0.4, -0.2) is 4.98 Å². The molecule has 0 saturated heterocycles. The molecule has 8 heteroatoms. The molecule has 0 bridgehead atoms. The molecule has 3 aromatic rings. The fraction of sp³-hybridized carbons (Fsp3) is 0. The summed E-state index contributed by atoms with van der Waals surface area (Å²) in [5, 5.41) is 8.00. The number of aromatic nitrogens is 1. The molecule has 0 amide bonds. The fourth-order valence-corrected chi connectivity index (χ4v) is 2.19. The van der Waals surface area contributed by atoms with Crippen LogP contribution in [0.1, 0.15) is 0 Å².